The van der Waals surface area contributed by atoms with Crippen molar-refractivity contribution in [2.24, 2.45) is 0 Å². The highest BCUT2D eigenvalue weighted by Gasteiger charge is 2.20. The zero-order valence-electron chi connectivity index (χ0n) is 9.97. The summed E-state index contributed by atoms with van der Waals surface area (Å²) in [5.74, 6) is 0. The van der Waals surface area contributed by atoms with Crippen LogP contribution in [0.15, 0.2) is 0 Å². The monoisotopic (exact) mass is 189 g/mol. The predicted octanol–water partition coefficient (Wildman–Crippen LogP) is 2.90. The molecule has 0 aromatic heterocycles. The van der Waals surface area contributed by atoms with E-state index in [4.69, 9.17) is 4.74 Å². The zero-order chi connectivity index (χ0) is 11.1. The van der Waals surface area contributed by atoms with Crippen molar-refractivity contribution in [3.8, 4) is 0 Å². The highest BCUT2D eigenvalue weighted by atomic mass is 16.6. The summed E-state index contributed by atoms with van der Waals surface area (Å²) in [7, 11) is 3.35. The lowest BCUT2D eigenvalue weighted by Crippen LogP contribution is -2.33. The lowest BCUT2D eigenvalue weighted by atomic mass is 10.1. The predicted molar refractivity (Wildman–Crippen MR) is 55.9 cm³/mol. The maximum absolute atomic E-state index is 11.0. The smallest absolute Gasteiger partial charge is 0.409 e. The summed E-state index contributed by atoms with van der Waals surface area (Å²) in [6.45, 7) is 9.78. The molecular weight excluding hydrogens is 166 g/mol. The molecule has 0 unspecified atom stereocenters. The second-order valence-corrected chi connectivity index (χ2v) is 3.38. The van der Waals surface area contributed by atoms with E-state index in [9.17, 15) is 4.79 Å². The van der Waals surface area contributed by atoms with Crippen LogP contribution < -0.4 is 0 Å². The molecule has 0 radical (unpaired) electrons. The first-order valence-electron chi connectivity index (χ1n) is 4.79. The van der Waals surface area contributed by atoms with Gasteiger partial charge < -0.3 is 9.64 Å². The molecule has 0 fully saturated rings. The number of nitrogens with zero attached hydrogens (tertiary/aromatic N) is 1. The Labute approximate surface area is 82.1 Å². The largest absolute Gasteiger partial charge is 0.443 e. The maximum atomic E-state index is 11.0. The Morgan fingerprint density at radius 1 is 1.31 bits per heavy atom. The molecule has 0 saturated carbocycles. The number of rotatable bonds is 2. The van der Waals surface area contributed by atoms with Crippen molar-refractivity contribution in [3.05, 3.63) is 0 Å². The summed E-state index contributed by atoms with van der Waals surface area (Å²) >= 11 is 0. The molecule has 0 bridgehead atoms. The third-order valence-electron chi connectivity index (χ3n) is 1.58. The number of ether oxygens (including phenoxy) is 1. The zero-order valence-corrected chi connectivity index (χ0v) is 9.97. The molecular formula is C10H23NO2. The molecule has 0 spiro atoms. The minimum atomic E-state index is -0.346. The van der Waals surface area contributed by atoms with E-state index in [1.165, 1.54) is 4.90 Å². The molecule has 3 heteroatoms. The fourth-order valence-corrected chi connectivity index (χ4v) is 0.400. The van der Waals surface area contributed by atoms with Crippen molar-refractivity contribution in [2.45, 2.75) is 46.6 Å². The van der Waals surface area contributed by atoms with Crippen molar-refractivity contribution in [1.29, 1.82) is 0 Å². The molecule has 1 amide bonds. The van der Waals surface area contributed by atoms with E-state index in [1.807, 2.05) is 34.6 Å². The SMILES string of the molecule is CC.CCC(C)(C)OC(=O)N(C)C. The third-order valence-corrected chi connectivity index (χ3v) is 1.58. The summed E-state index contributed by atoms with van der Waals surface area (Å²) in [5.41, 5.74) is -0.346. The van der Waals surface area contributed by atoms with Crippen molar-refractivity contribution in [2.75, 3.05) is 14.1 Å². The van der Waals surface area contributed by atoms with Crippen LogP contribution in [-0.4, -0.2) is 30.7 Å². The van der Waals surface area contributed by atoms with Crippen LogP contribution in [0.2, 0.25) is 0 Å². The molecule has 13 heavy (non-hydrogen) atoms. The van der Waals surface area contributed by atoms with E-state index in [1.54, 1.807) is 14.1 Å². The number of carbonyl (C=O) groups is 1. The lowest BCUT2D eigenvalue weighted by Gasteiger charge is -2.25. The Hall–Kier alpha value is -0.730. The molecule has 80 valence electrons. The average molecular weight is 189 g/mol. The Balaban J connectivity index is 0. The number of carbonyl (C=O) groups excluding carboxylic acids is 1. The molecule has 0 saturated heterocycles. The minimum absolute atomic E-state index is 0.281. The van der Waals surface area contributed by atoms with E-state index in [0.29, 0.717) is 0 Å². The van der Waals surface area contributed by atoms with Crippen LogP contribution in [0.3, 0.4) is 0 Å². The number of amides is 1. The summed E-state index contributed by atoms with van der Waals surface area (Å²) < 4.78 is 5.14. The highest BCUT2D eigenvalue weighted by Crippen LogP contribution is 2.14. The Kier molecular flexibility index (Phi) is 7.67. The van der Waals surface area contributed by atoms with Crippen molar-refractivity contribution in [1.82, 2.24) is 4.90 Å². The molecule has 0 heterocycles. The first kappa shape index (κ1) is 14.8. The molecule has 0 N–H and O–H groups in total. The molecule has 0 aromatic carbocycles. The van der Waals surface area contributed by atoms with Gasteiger partial charge in [0, 0.05) is 14.1 Å². The topological polar surface area (TPSA) is 29.5 Å². The van der Waals surface area contributed by atoms with Gasteiger partial charge in [0.1, 0.15) is 5.60 Å². The van der Waals surface area contributed by atoms with E-state index in [0.717, 1.165) is 6.42 Å². The molecule has 0 aliphatic carbocycles. The molecule has 0 rings (SSSR count). The minimum Gasteiger partial charge on any atom is -0.443 e. The maximum Gasteiger partial charge on any atom is 0.409 e. The molecule has 0 aliphatic heterocycles. The van der Waals surface area contributed by atoms with Crippen LogP contribution in [0, 0.1) is 0 Å². The van der Waals surface area contributed by atoms with Gasteiger partial charge >= 0.3 is 6.09 Å². The summed E-state index contributed by atoms with van der Waals surface area (Å²) in [6.07, 6.45) is 0.545. The summed E-state index contributed by atoms with van der Waals surface area (Å²) in [4.78, 5) is 12.4. The van der Waals surface area contributed by atoms with Crippen LogP contribution in [-0.2, 0) is 4.74 Å². The molecule has 0 aliphatic rings. The van der Waals surface area contributed by atoms with E-state index in [2.05, 4.69) is 0 Å². The van der Waals surface area contributed by atoms with Gasteiger partial charge in [-0.1, -0.05) is 20.8 Å². The summed E-state index contributed by atoms with van der Waals surface area (Å²) in [6, 6.07) is 0. The van der Waals surface area contributed by atoms with Gasteiger partial charge in [-0.15, -0.1) is 0 Å². The van der Waals surface area contributed by atoms with Gasteiger partial charge in [0.2, 0.25) is 0 Å². The summed E-state index contributed by atoms with van der Waals surface area (Å²) in [5, 5.41) is 0. The fraction of sp³-hybridized carbons (Fsp3) is 0.900. The second kappa shape index (κ2) is 6.75. The van der Waals surface area contributed by atoms with Gasteiger partial charge in [0.15, 0.2) is 0 Å². The first-order chi connectivity index (χ1) is 5.89. The Morgan fingerprint density at radius 2 is 1.69 bits per heavy atom. The standard InChI is InChI=1S/C8H17NO2.C2H6/c1-6-8(2,3)11-7(10)9(4)5;1-2/h6H2,1-5H3;1-2H3. The van der Waals surface area contributed by atoms with Crippen molar-refractivity contribution < 1.29 is 9.53 Å². The normalized spacial score (nSPS) is 9.77. The Bertz CT molecular complexity index is 142. The third kappa shape index (κ3) is 7.62. The van der Waals surface area contributed by atoms with Gasteiger partial charge in [-0.25, -0.2) is 4.79 Å². The average Bonchev–Trinajstić information content (AvgIpc) is 2.07. The number of hydrogen-bond donors (Lipinski definition) is 0. The second-order valence-electron chi connectivity index (χ2n) is 3.38. The quantitative estimate of drug-likeness (QED) is 0.668. The van der Waals surface area contributed by atoms with Crippen LogP contribution in [0.1, 0.15) is 41.0 Å². The van der Waals surface area contributed by atoms with Crippen molar-refractivity contribution in [3.63, 3.8) is 0 Å². The van der Waals surface area contributed by atoms with Crippen LogP contribution in [0.25, 0.3) is 0 Å². The van der Waals surface area contributed by atoms with E-state index in [-0.39, 0.29) is 11.7 Å². The number of hydrogen-bond acceptors (Lipinski definition) is 2. The fourth-order valence-electron chi connectivity index (χ4n) is 0.400. The van der Waals surface area contributed by atoms with Crippen LogP contribution in [0.5, 0.6) is 0 Å². The van der Waals surface area contributed by atoms with Gasteiger partial charge in [0.05, 0.1) is 0 Å². The highest BCUT2D eigenvalue weighted by molar-refractivity contribution is 5.67. The molecule has 0 atom stereocenters. The Morgan fingerprint density at radius 3 is 1.92 bits per heavy atom. The van der Waals surface area contributed by atoms with Gasteiger partial charge in [-0.2, -0.15) is 0 Å². The van der Waals surface area contributed by atoms with E-state index < -0.39 is 0 Å². The van der Waals surface area contributed by atoms with Gasteiger partial charge in [-0.05, 0) is 20.3 Å². The van der Waals surface area contributed by atoms with E-state index >= 15 is 0 Å². The van der Waals surface area contributed by atoms with Crippen molar-refractivity contribution >= 4 is 6.09 Å². The molecule has 3 nitrogen and oxygen atoms in total. The van der Waals surface area contributed by atoms with Crippen LogP contribution in [0.4, 0.5) is 4.79 Å². The van der Waals surface area contributed by atoms with Crippen LogP contribution >= 0.6 is 0 Å². The first-order valence-corrected chi connectivity index (χ1v) is 4.79. The lowest BCUT2D eigenvalue weighted by molar-refractivity contribution is 0.0194. The van der Waals surface area contributed by atoms with Gasteiger partial charge in [0.25, 0.3) is 0 Å². The van der Waals surface area contributed by atoms with Gasteiger partial charge in [-0.3, -0.25) is 0 Å². The molecule has 0 aromatic rings.